The Kier molecular flexibility index (Phi) is 6.66. The van der Waals surface area contributed by atoms with Gasteiger partial charge in [-0.1, -0.05) is 23.3 Å². The van der Waals surface area contributed by atoms with E-state index in [1.807, 2.05) is 11.0 Å². The highest BCUT2D eigenvalue weighted by atomic mass is 35.5. The van der Waals surface area contributed by atoms with Gasteiger partial charge in [-0.05, 0) is 45.2 Å². The first-order chi connectivity index (χ1) is 12.9. The number of carbonyl (C=O) groups excluding carboxylic acids is 1. The predicted molar refractivity (Wildman–Crippen MR) is 107 cm³/mol. The third-order valence-corrected chi connectivity index (χ3v) is 5.64. The summed E-state index contributed by atoms with van der Waals surface area (Å²) in [5.41, 5.74) is 2.26. The maximum Gasteiger partial charge on any atom is 0.231 e. The fourth-order valence-corrected chi connectivity index (χ4v) is 3.79. The number of amides is 1. The van der Waals surface area contributed by atoms with Crippen LogP contribution in [-0.4, -0.2) is 48.2 Å². The van der Waals surface area contributed by atoms with E-state index >= 15 is 0 Å². The fraction of sp³-hybridized carbons (Fsp3) is 0.571. The van der Waals surface area contributed by atoms with Gasteiger partial charge in [0.1, 0.15) is 0 Å². The maximum atomic E-state index is 12.6. The minimum Gasteiger partial charge on any atom is -0.454 e. The van der Waals surface area contributed by atoms with Crippen molar-refractivity contribution in [3.63, 3.8) is 0 Å². The van der Waals surface area contributed by atoms with Gasteiger partial charge in [0, 0.05) is 49.7 Å². The van der Waals surface area contributed by atoms with Crippen LogP contribution in [0.25, 0.3) is 0 Å². The molecule has 1 aromatic rings. The summed E-state index contributed by atoms with van der Waals surface area (Å²) >= 11 is 6.39. The molecule has 0 bridgehead atoms. The number of ether oxygens (including phenoxy) is 2. The zero-order valence-electron chi connectivity index (χ0n) is 16.5. The number of benzene rings is 1. The minimum absolute atomic E-state index is 0.183. The van der Waals surface area contributed by atoms with Crippen molar-refractivity contribution in [1.82, 2.24) is 9.80 Å². The van der Waals surface area contributed by atoms with Gasteiger partial charge in [-0.3, -0.25) is 9.69 Å². The Morgan fingerprint density at radius 2 is 1.96 bits per heavy atom. The lowest BCUT2D eigenvalue weighted by Crippen LogP contribution is -2.37. The van der Waals surface area contributed by atoms with E-state index in [-0.39, 0.29) is 12.7 Å². The van der Waals surface area contributed by atoms with Crippen molar-refractivity contribution in [3.8, 4) is 11.5 Å². The number of carbonyl (C=O) groups is 1. The molecule has 5 nitrogen and oxygen atoms in total. The summed E-state index contributed by atoms with van der Waals surface area (Å²) in [6, 6.07) is 4.14. The SMILES string of the molecule is CC(C)=CCC[C@H](C)N1CCC(=O)N(Cc2cc3c(cc2Cl)OCO3)CC1. The van der Waals surface area contributed by atoms with Gasteiger partial charge in [0.05, 0.1) is 0 Å². The third kappa shape index (κ3) is 5.17. The van der Waals surface area contributed by atoms with Gasteiger partial charge in [-0.25, -0.2) is 0 Å². The molecule has 0 unspecified atom stereocenters. The van der Waals surface area contributed by atoms with Gasteiger partial charge in [-0.15, -0.1) is 0 Å². The van der Waals surface area contributed by atoms with E-state index in [0.29, 0.717) is 35.5 Å². The number of fused-ring (bicyclic) bond motifs is 1. The average Bonchev–Trinajstić information content (AvgIpc) is 2.98. The lowest BCUT2D eigenvalue weighted by molar-refractivity contribution is -0.130. The van der Waals surface area contributed by atoms with Crippen molar-refractivity contribution in [3.05, 3.63) is 34.4 Å². The molecule has 1 amide bonds. The lowest BCUT2D eigenvalue weighted by Gasteiger charge is -2.27. The van der Waals surface area contributed by atoms with E-state index in [0.717, 1.165) is 38.0 Å². The molecule has 0 aliphatic carbocycles. The van der Waals surface area contributed by atoms with Crippen LogP contribution in [0.2, 0.25) is 5.02 Å². The Morgan fingerprint density at radius 3 is 2.70 bits per heavy atom. The topological polar surface area (TPSA) is 42.0 Å². The van der Waals surface area contributed by atoms with Gasteiger partial charge in [-0.2, -0.15) is 0 Å². The summed E-state index contributed by atoms with van der Waals surface area (Å²) in [6.45, 7) is 9.68. The predicted octanol–water partition coefficient (Wildman–Crippen LogP) is 4.24. The Morgan fingerprint density at radius 1 is 1.22 bits per heavy atom. The fourth-order valence-electron chi connectivity index (χ4n) is 3.57. The zero-order valence-corrected chi connectivity index (χ0v) is 17.2. The normalized spacial score (nSPS) is 18.4. The highest BCUT2D eigenvalue weighted by molar-refractivity contribution is 6.31. The van der Waals surface area contributed by atoms with Crippen molar-refractivity contribution >= 4 is 17.5 Å². The smallest absolute Gasteiger partial charge is 0.231 e. The molecule has 2 aliphatic rings. The van der Waals surface area contributed by atoms with Gasteiger partial charge in [0.15, 0.2) is 11.5 Å². The summed E-state index contributed by atoms with van der Waals surface area (Å²) in [6.07, 6.45) is 5.04. The van der Waals surface area contributed by atoms with E-state index in [4.69, 9.17) is 21.1 Å². The molecule has 27 heavy (non-hydrogen) atoms. The number of hydrogen-bond acceptors (Lipinski definition) is 4. The summed E-state index contributed by atoms with van der Waals surface area (Å²) in [5.74, 6) is 1.55. The van der Waals surface area contributed by atoms with Crippen molar-refractivity contribution in [2.45, 2.75) is 52.6 Å². The number of nitrogens with zero attached hydrogens (tertiary/aromatic N) is 2. The highest BCUT2D eigenvalue weighted by Crippen LogP contribution is 2.37. The summed E-state index contributed by atoms with van der Waals surface area (Å²) in [7, 11) is 0. The van der Waals surface area contributed by atoms with Crippen molar-refractivity contribution in [1.29, 1.82) is 0 Å². The van der Waals surface area contributed by atoms with Crippen LogP contribution in [0.15, 0.2) is 23.8 Å². The van der Waals surface area contributed by atoms with Crippen LogP contribution < -0.4 is 9.47 Å². The Balaban J connectivity index is 1.60. The maximum absolute atomic E-state index is 12.6. The van der Waals surface area contributed by atoms with E-state index in [9.17, 15) is 4.79 Å². The van der Waals surface area contributed by atoms with Gasteiger partial charge < -0.3 is 14.4 Å². The average molecular weight is 393 g/mol. The molecule has 1 fully saturated rings. The second-order valence-electron chi connectivity index (χ2n) is 7.61. The van der Waals surface area contributed by atoms with Crippen LogP contribution in [0.5, 0.6) is 11.5 Å². The first-order valence-electron chi connectivity index (χ1n) is 9.67. The number of hydrogen-bond donors (Lipinski definition) is 0. The largest absolute Gasteiger partial charge is 0.454 e. The molecule has 0 N–H and O–H groups in total. The molecule has 2 heterocycles. The molecule has 2 aliphatic heterocycles. The van der Waals surface area contributed by atoms with Gasteiger partial charge >= 0.3 is 0 Å². The zero-order chi connectivity index (χ0) is 19.4. The second-order valence-corrected chi connectivity index (χ2v) is 8.01. The Hall–Kier alpha value is -1.72. The van der Waals surface area contributed by atoms with Crippen LogP contribution in [0, 0.1) is 0 Å². The standard InChI is InChI=1S/C21H29ClN2O3/c1-15(2)5-4-6-16(3)23-8-7-21(25)24(10-9-23)13-17-11-19-20(12-18(17)22)27-14-26-19/h5,11-12,16H,4,6-10,13-14H2,1-3H3/t16-/m0/s1. The quantitative estimate of drug-likeness (QED) is 0.679. The van der Waals surface area contributed by atoms with Crippen LogP contribution >= 0.6 is 11.6 Å². The second kappa shape index (κ2) is 8.98. The van der Waals surface area contributed by atoms with E-state index in [1.165, 1.54) is 5.57 Å². The summed E-state index contributed by atoms with van der Waals surface area (Å²) < 4.78 is 10.8. The molecule has 0 radical (unpaired) electrons. The molecule has 6 heteroatoms. The molecule has 0 spiro atoms. The molecule has 148 valence electrons. The van der Waals surface area contributed by atoms with Crippen LogP contribution in [0.4, 0.5) is 0 Å². The Labute approximate surface area is 166 Å². The molecule has 1 saturated heterocycles. The van der Waals surface area contributed by atoms with E-state index in [1.54, 1.807) is 6.07 Å². The first-order valence-corrected chi connectivity index (χ1v) is 10.0. The monoisotopic (exact) mass is 392 g/mol. The molecule has 1 atom stereocenters. The number of allylic oxidation sites excluding steroid dienone is 2. The van der Waals surface area contributed by atoms with Crippen LogP contribution in [0.3, 0.4) is 0 Å². The van der Waals surface area contributed by atoms with Crippen LogP contribution in [-0.2, 0) is 11.3 Å². The number of halogens is 1. The molecule has 3 rings (SSSR count). The first kappa shape index (κ1) is 20.0. The molecular formula is C21H29ClN2O3. The summed E-state index contributed by atoms with van der Waals surface area (Å²) in [5, 5.41) is 0.614. The van der Waals surface area contributed by atoms with Crippen molar-refractivity contribution in [2.75, 3.05) is 26.4 Å². The molecule has 0 aromatic heterocycles. The third-order valence-electron chi connectivity index (χ3n) is 5.29. The minimum atomic E-state index is 0.183. The van der Waals surface area contributed by atoms with E-state index in [2.05, 4.69) is 31.7 Å². The van der Waals surface area contributed by atoms with Crippen LogP contribution in [0.1, 0.15) is 45.6 Å². The van der Waals surface area contributed by atoms with E-state index < -0.39 is 0 Å². The highest BCUT2D eigenvalue weighted by Gasteiger charge is 2.25. The summed E-state index contributed by atoms with van der Waals surface area (Å²) in [4.78, 5) is 17.0. The van der Waals surface area contributed by atoms with Gasteiger partial charge in [0.2, 0.25) is 12.7 Å². The number of rotatable bonds is 6. The Bertz CT molecular complexity index is 716. The van der Waals surface area contributed by atoms with Crippen molar-refractivity contribution in [2.24, 2.45) is 0 Å². The lowest BCUT2D eigenvalue weighted by atomic mass is 10.1. The van der Waals surface area contributed by atoms with Gasteiger partial charge in [0.25, 0.3) is 0 Å². The van der Waals surface area contributed by atoms with Crippen molar-refractivity contribution < 1.29 is 14.3 Å². The molecule has 1 aromatic carbocycles. The molecular weight excluding hydrogens is 364 g/mol. The molecule has 0 saturated carbocycles.